The Balaban J connectivity index is 1.72. The van der Waals surface area contributed by atoms with E-state index in [0.29, 0.717) is 0 Å². The summed E-state index contributed by atoms with van der Waals surface area (Å²) in [5, 5.41) is 14.9. The van der Waals surface area contributed by atoms with E-state index in [4.69, 9.17) is 4.74 Å². The predicted molar refractivity (Wildman–Crippen MR) is 51.0 cm³/mol. The summed E-state index contributed by atoms with van der Waals surface area (Å²) in [5.41, 5.74) is 1.71. The fourth-order valence-electron chi connectivity index (χ4n) is 1.20. The van der Waals surface area contributed by atoms with Gasteiger partial charge >= 0.3 is 0 Å². The molecule has 1 fully saturated rings. The van der Waals surface area contributed by atoms with Gasteiger partial charge in [0, 0.05) is 19.6 Å². The molecule has 72 valence electrons. The molecular weight excluding hydrogens is 188 g/mol. The molecule has 1 aromatic heterocycles. The van der Waals surface area contributed by atoms with Crippen molar-refractivity contribution < 1.29 is 4.74 Å². The SMILES string of the molecule is c1nnc(NCC2CNCCO2)s1. The van der Waals surface area contributed by atoms with E-state index < -0.39 is 0 Å². The highest BCUT2D eigenvalue weighted by Gasteiger charge is 2.12. The number of aromatic nitrogens is 2. The summed E-state index contributed by atoms with van der Waals surface area (Å²) in [7, 11) is 0. The molecule has 0 saturated carbocycles. The average Bonchev–Trinajstić information content (AvgIpc) is 2.69. The number of morpholine rings is 1. The molecule has 2 heterocycles. The number of nitrogens with one attached hydrogen (secondary N) is 2. The van der Waals surface area contributed by atoms with Crippen molar-refractivity contribution in [3.63, 3.8) is 0 Å². The fourth-order valence-corrected chi connectivity index (χ4v) is 1.66. The summed E-state index contributed by atoms with van der Waals surface area (Å²) in [4.78, 5) is 0. The van der Waals surface area contributed by atoms with Crippen LogP contribution >= 0.6 is 11.3 Å². The summed E-state index contributed by atoms with van der Waals surface area (Å²) in [6.45, 7) is 3.45. The molecule has 0 spiro atoms. The van der Waals surface area contributed by atoms with Crippen LogP contribution in [-0.4, -0.2) is 42.5 Å². The van der Waals surface area contributed by atoms with Crippen LogP contribution in [0.25, 0.3) is 0 Å². The monoisotopic (exact) mass is 200 g/mol. The molecule has 0 amide bonds. The zero-order chi connectivity index (χ0) is 8.93. The molecule has 1 unspecified atom stereocenters. The Morgan fingerprint density at radius 3 is 3.46 bits per heavy atom. The Morgan fingerprint density at radius 1 is 1.77 bits per heavy atom. The fraction of sp³-hybridized carbons (Fsp3) is 0.714. The van der Waals surface area contributed by atoms with E-state index in [-0.39, 0.29) is 6.10 Å². The van der Waals surface area contributed by atoms with Gasteiger partial charge in [-0.2, -0.15) is 0 Å². The summed E-state index contributed by atoms with van der Waals surface area (Å²) < 4.78 is 5.51. The lowest BCUT2D eigenvalue weighted by molar-refractivity contribution is 0.0372. The maximum Gasteiger partial charge on any atom is 0.205 e. The number of hydrogen-bond acceptors (Lipinski definition) is 6. The van der Waals surface area contributed by atoms with Crippen molar-refractivity contribution in [2.75, 3.05) is 31.6 Å². The molecule has 2 rings (SSSR count). The number of anilines is 1. The van der Waals surface area contributed by atoms with Crippen LogP contribution in [0, 0.1) is 0 Å². The average molecular weight is 200 g/mol. The van der Waals surface area contributed by atoms with E-state index in [1.165, 1.54) is 11.3 Å². The normalized spacial score (nSPS) is 22.9. The topological polar surface area (TPSA) is 59.1 Å². The van der Waals surface area contributed by atoms with Crippen molar-refractivity contribution in [1.29, 1.82) is 0 Å². The Morgan fingerprint density at radius 2 is 2.77 bits per heavy atom. The third-order valence-electron chi connectivity index (χ3n) is 1.85. The van der Waals surface area contributed by atoms with E-state index in [1.54, 1.807) is 5.51 Å². The van der Waals surface area contributed by atoms with Crippen LogP contribution in [0.15, 0.2) is 5.51 Å². The van der Waals surface area contributed by atoms with Crippen molar-refractivity contribution in [3.05, 3.63) is 5.51 Å². The second-order valence-electron chi connectivity index (χ2n) is 2.82. The summed E-state index contributed by atoms with van der Waals surface area (Å²) in [5.74, 6) is 0. The molecule has 6 heteroatoms. The van der Waals surface area contributed by atoms with Gasteiger partial charge < -0.3 is 15.4 Å². The van der Waals surface area contributed by atoms with Crippen LogP contribution in [0.1, 0.15) is 0 Å². The lowest BCUT2D eigenvalue weighted by Gasteiger charge is -2.23. The molecule has 1 saturated heterocycles. The minimum absolute atomic E-state index is 0.248. The maximum atomic E-state index is 5.51. The summed E-state index contributed by atoms with van der Waals surface area (Å²) >= 11 is 1.50. The number of rotatable bonds is 3. The second-order valence-corrected chi connectivity index (χ2v) is 3.65. The van der Waals surface area contributed by atoms with Crippen LogP contribution in [0.2, 0.25) is 0 Å². The molecule has 1 aromatic rings. The Kier molecular flexibility index (Phi) is 3.07. The molecule has 0 aromatic carbocycles. The quantitative estimate of drug-likeness (QED) is 0.715. The van der Waals surface area contributed by atoms with Gasteiger partial charge in [0.05, 0.1) is 12.7 Å². The standard InChI is InChI=1S/C7H12N4OS/c1-2-12-6(3-8-1)4-9-7-11-10-5-13-7/h5-6,8H,1-4H2,(H,9,11). The molecule has 2 N–H and O–H groups in total. The molecule has 0 radical (unpaired) electrons. The smallest absolute Gasteiger partial charge is 0.205 e. The summed E-state index contributed by atoms with van der Waals surface area (Å²) in [6, 6.07) is 0. The highest BCUT2D eigenvalue weighted by atomic mass is 32.1. The molecule has 5 nitrogen and oxygen atoms in total. The van der Waals surface area contributed by atoms with Gasteiger partial charge in [0.15, 0.2) is 0 Å². The van der Waals surface area contributed by atoms with Crippen molar-refractivity contribution in [2.24, 2.45) is 0 Å². The maximum absolute atomic E-state index is 5.51. The van der Waals surface area contributed by atoms with Gasteiger partial charge in [0.2, 0.25) is 5.13 Å². The van der Waals surface area contributed by atoms with Gasteiger partial charge in [0.25, 0.3) is 0 Å². The Bertz CT molecular complexity index is 235. The van der Waals surface area contributed by atoms with Gasteiger partial charge in [-0.3, -0.25) is 0 Å². The van der Waals surface area contributed by atoms with Crippen LogP contribution in [0.4, 0.5) is 5.13 Å². The lowest BCUT2D eigenvalue weighted by atomic mass is 10.3. The van der Waals surface area contributed by atoms with Crippen molar-refractivity contribution in [1.82, 2.24) is 15.5 Å². The zero-order valence-corrected chi connectivity index (χ0v) is 8.01. The third-order valence-corrected chi connectivity index (χ3v) is 2.49. The first kappa shape index (κ1) is 8.86. The Hall–Kier alpha value is -0.720. The zero-order valence-electron chi connectivity index (χ0n) is 7.19. The van der Waals surface area contributed by atoms with Gasteiger partial charge in [-0.1, -0.05) is 11.3 Å². The lowest BCUT2D eigenvalue weighted by Crippen LogP contribution is -2.42. The number of hydrogen-bond donors (Lipinski definition) is 2. The first-order chi connectivity index (χ1) is 6.45. The van der Waals surface area contributed by atoms with Gasteiger partial charge in [-0.05, 0) is 0 Å². The van der Waals surface area contributed by atoms with Crippen molar-refractivity contribution >= 4 is 16.5 Å². The highest BCUT2D eigenvalue weighted by Crippen LogP contribution is 2.08. The molecule has 1 aliphatic heterocycles. The van der Waals surface area contributed by atoms with Crippen molar-refractivity contribution in [3.8, 4) is 0 Å². The van der Waals surface area contributed by atoms with Gasteiger partial charge in [0.1, 0.15) is 5.51 Å². The number of ether oxygens (including phenoxy) is 1. The van der Waals surface area contributed by atoms with Crippen LogP contribution in [-0.2, 0) is 4.74 Å². The Labute approximate surface area is 80.5 Å². The van der Waals surface area contributed by atoms with Gasteiger partial charge in [-0.25, -0.2) is 0 Å². The first-order valence-electron chi connectivity index (χ1n) is 4.27. The number of nitrogens with zero attached hydrogens (tertiary/aromatic N) is 2. The van der Waals surface area contributed by atoms with Crippen LogP contribution in [0.3, 0.4) is 0 Å². The molecule has 13 heavy (non-hydrogen) atoms. The highest BCUT2D eigenvalue weighted by molar-refractivity contribution is 7.13. The third kappa shape index (κ3) is 2.61. The molecule has 0 bridgehead atoms. The predicted octanol–water partition coefficient (Wildman–Crippen LogP) is -0.0616. The van der Waals surface area contributed by atoms with E-state index in [9.17, 15) is 0 Å². The van der Waals surface area contributed by atoms with E-state index in [0.717, 1.165) is 31.4 Å². The van der Waals surface area contributed by atoms with E-state index in [2.05, 4.69) is 20.8 Å². The molecular formula is C7H12N4OS. The van der Waals surface area contributed by atoms with E-state index >= 15 is 0 Å². The second kappa shape index (κ2) is 4.50. The van der Waals surface area contributed by atoms with E-state index in [1.807, 2.05) is 0 Å². The summed E-state index contributed by atoms with van der Waals surface area (Å²) in [6.07, 6.45) is 0.248. The van der Waals surface area contributed by atoms with Crippen molar-refractivity contribution in [2.45, 2.75) is 6.10 Å². The largest absolute Gasteiger partial charge is 0.374 e. The minimum atomic E-state index is 0.248. The minimum Gasteiger partial charge on any atom is -0.374 e. The van der Waals surface area contributed by atoms with Crippen LogP contribution < -0.4 is 10.6 Å². The molecule has 1 aliphatic rings. The van der Waals surface area contributed by atoms with Gasteiger partial charge in [-0.15, -0.1) is 10.2 Å². The first-order valence-corrected chi connectivity index (χ1v) is 5.15. The molecule has 0 aliphatic carbocycles. The van der Waals surface area contributed by atoms with Crippen LogP contribution in [0.5, 0.6) is 0 Å². The molecule has 1 atom stereocenters.